The van der Waals surface area contributed by atoms with Crippen LogP contribution in [0.5, 0.6) is 0 Å². The number of likely N-dealkylation sites (tertiary alicyclic amines) is 1. The molecule has 194 valence electrons. The summed E-state index contributed by atoms with van der Waals surface area (Å²) in [6.45, 7) is 10.7. The van der Waals surface area contributed by atoms with E-state index in [9.17, 15) is 0 Å². The molecule has 0 atom stereocenters. The number of hydroxylamine groups is 1. The van der Waals surface area contributed by atoms with E-state index >= 15 is 4.39 Å². The highest BCUT2D eigenvalue weighted by Gasteiger charge is 2.24. The summed E-state index contributed by atoms with van der Waals surface area (Å²) < 4.78 is 20.5. The van der Waals surface area contributed by atoms with Crippen LogP contribution in [0.1, 0.15) is 37.8 Å². The van der Waals surface area contributed by atoms with Gasteiger partial charge in [0.25, 0.3) is 0 Å². The minimum atomic E-state index is -0.218. The first-order valence-corrected chi connectivity index (χ1v) is 13.3. The first-order valence-electron chi connectivity index (χ1n) is 13.3. The van der Waals surface area contributed by atoms with Gasteiger partial charge in [0, 0.05) is 25.7 Å². The number of ether oxygens (including phenoxy) is 1. The number of allylic oxidation sites excluding steroid dienone is 3. The number of hydrogen-bond donors (Lipinski definition) is 0. The van der Waals surface area contributed by atoms with Crippen LogP contribution < -0.4 is 9.96 Å². The van der Waals surface area contributed by atoms with Crippen LogP contribution in [0.4, 0.5) is 15.8 Å². The lowest BCUT2D eigenvalue weighted by Gasteiger charge is -2.35. The van der Waals surface area contributed by atoms with Gasteiger partial charge in [0.1, 0.15) is 12.1 Å². The molecule has 5 nitrogen and oxygen atoms in total. The van der Waals surface area contributed by atoms with Crippen LogP contribution in [0.25, 0.3) is 0 Å². The number of benzene rings is 2. The third kappa shape index (κ3) is 7.34. The summed E-state index contributed by atoms with van der Waals surface area (Å²) in [7, 11) is 0. The Bertz CT molecular complexity index is 994. The van der Waals surface area contributed by atoms with Crippen molar-refractivity contribution in [1.82, 2.24) is 4.90 Å². The number of aryl methyl sites for hydroxylation is 1. The zero-order valence-electron chi connectivity index (χ0n) is 21.7. The zero-order valence-corrected chi connectivity index (χ0v) is 21.7. The third-order valence-corrected chi connectivity index (χ3v) is 7.11. The normalized spacial score (nSPS) is 17.8. The quantitative estimate of drug-likeness (QED) is 0.231. The fourth-order valence-electron chi connectivity index (χ4n) is 4.89. The van der Waals surface area contributed by atoms with Crippen LogP contribution in [-0.4, -0.2) is 50.8 Å². The monoisotopic (exact) mass is 493 g/mol. The molecule has 0 radical (unpaired) electrons. The summed E-state index contributed by atoms with van der Waals surface area (Å²) in [4.78, 5) is 10.6. The molecule has 0 aliphatic carbocycles. The van der Waals surface area contributed by atoms with Crippen LogP contribution in [0.15, 0.2) is 67.0 Å². The molecule has 2 aromatic rings. The maximum atomic E-state index is 15.1. The zero-order chi connectivity index (χ0) is 25.2. The van der Waals surface area contributed by atoms with Gasteiger partial charge in [-0.15, -0.1) is 0 Å². The van der Waals surface area contributed by atoms with Crippen LogP contribution >= 0.6 is 0 Å². The Labute approximate surface area is 215 Å². The van der Waals surface area contributed by atoms with Gasteiger partial charge in [-0.2, -0.15) is 0 Å². The van der Waals surface area contributed by atoms with E-state index in [2.05, 4.69) is 36.1 Å². The molecule has 2 saturated heterocycles. The van der Waals surface area contributed by atoms with Crippen molar-refractivity contribution in [3.8, 4) is 0 Å². The molecular weight excluding hydrogens is 453 g/mol. The Morgan fingerprint density at radius 2 is 1.72 bits per heavy atom. The number of morpholine rings is 1. The Morgan fingerprint density at radius 1 is 1.00 bits per heavy atom. The second kappa shape index (κ2) is 13.5. The summed E-state index contributed by atoms with van der Waals surface area (Å²) in [5, 5.41) is 1.84. The van der Waals surface area contributed by atoms with Crippen LogP contribution in [0.2, 0.25) is 0 Å². The van der Waals surface area contributed by atoms with Crippen molar-refractivity contribution in [2.45, 2.75) is 39.7 Å². The lowest BCUT2D eigenvalue weighted by Crippen LogP contribution is -2.38. The molecule has 4 rings (SSSR count). The molecule has 0 spiro atoms. The second-order valence-electron chi connectivity index (χ2n) is 9.65. The molecule has 2 aliphatic rings. The molecule has 0 saturated carbocycles. The van der Waals surface area contributed by atoms with Crippen molar-refractivity contribution in [3.63, 3.8) is 0 Å². The Balaban J connectivity index is 1.37. The number of hydrogen-bond acceptors (Lipinski definition) is 5. The van der Waals surface area contributed by atoms with Crippen molar-refractivity contribution in [1.29, 1.82) is 0 Å². The van der Waals surface area contributed by atoms with Gasteiger partial charge in [0.05, 0.1) is 31.1 Å². The molecule has 0 bridgehead atoms. The summed E-state index contributed by atoms with van der Waals surface area (Å²) in [5.41, 5.74) is 4.14. The average molecular weight is 494 g/mol. The predicted molar refractivity (Wildman–Crippen MR) is 146 cm³/mol. The Hall–Kier alpha value is -2.83. The van der Waals surface area contributed by atoms with E-state index in [1.54, 1.807) is 12.3 Å². The molecule has 0 aromatic heterocycles. The highest BCUT2D eigenvalue weighted by Crippen LogP contribution is 2.28. The SMILES string of the molecule is C/C=C/C=C/ON(CC1CCN(Cc2ccc(CC)cc2)CC1)c1ccc(N2CCOCC2)c(F)c1. The number of anilines is 2. The smallest absolute Gasteiger partial charge is 0.148 e. The number of halogens is 1. The Kier molecular flexibility index (Phi) is 9.82. The third-order valence-electron chi connectivity index (χ3n) is 7.11. The molecule has 0 N–H and O–H groups in total. The van der Waals surface area contributed by atoms with E-state index in [0.717, 1.165) is 51.1 Å². The van der Waals surface area contributed by atoms with E-state index in [1.807, 2.05) is 47.2 Å². The van der Waals surface area contributed by atoms with Crippen LogP contribution in [-0.2, 0) is 22.5 Å². The summed E-state index contributed by atoms with van der Waals surface area (Å²) in [6.07, 6.45) is 10.7. The van der Waals surface area contributed by atoms with Gasteiger partial charge in [-0.05, 0) is 74.5 Å². The molecule has 6 heteroatoms. The molecule has 2 fully saturated rings. The van der Waals surface area contributed by atoms with Crippen molar-refractivity contribution in [2.24, 2.45) is 5.92 Å². The fraction of sp³-hybridized carbons (Fsp3) is 0.467. The van der Waals surface area contributed by atoms with Gasteiger partial charge in [0.15, 0.2) is 0 Å². The van der Waals surface area contributed by atoms with E-state index in [-0.39, 0.29) is 5.82 Å². The number of piperidine rings is 1. The van der Waals surface area contributed by atoms with Gasteiger partial charge < -0.3 is 14.5 Å². The lowest BCUT2D eigenvalue weighted by atomic mass is 9.96. The highest BCUT2D eigenvalue weighted by atomic mass is 19.1. The molecular formula is C30H40FN3O2. The van der Waals surface area contributed by atoms with Crippen molar-refractivity contribution >= 4 is 11.4 Å². The summed E-state index contributed by atoms with van der Waals surface area (Å²) >= 11 is 0. The van der Waals surface area contributed by atoms with Gasteiger partial charge in [0.2, 0.25) is 0 Å². The lowest BCUT2D eigenvalue weighted by molar-refractivity contribution is 0.122. The van der Waals surface area contributed by atoms with E-state index in [4.69, 9.17) is 9.57 Å². The number of nitrogens with zero attached hydrogens (tertiary/aromatic N) is 3. The topological polar surface area (TPSA) is 28.2 Å². The molecule has 2 heterocycles. The molecule has 2 aliphatic heterocycles. The van der Waals surface area contributed by atoms with Gasteiger partial charge in [-0.25, -0.2) is 9.45 Å². The first kappa shape index (κ1) is 26.2. The predicted octanol–water partition coefficient (Wildman–Crippen LogP) is 5.96. The molecule has 0 amide bonds. The highest BCUT2D eigenvalue weighted by molar-refractivity contribution is 5.57. The maximum Gasteiger partial charge on any atom is 0.148 e. The largest absolute Gasteiger partial charge is 0.387 e. The standard InChI is InChI=1S/C30H40FN3O2/c1-3-5-6-19-36-34(28-11-12-30(29(31)22-28)33-17-20-35-21-18-33)24-27-13-15-32(16-14-27)23-26-9-7-25(4-2)8-10-26/h3,5-12,19,22,27H,4,13-18,20-21,23-24H2,1-2H3/b5-3+,19-6+. The average Bonchev–Trinajstić information content (AvgIpc) is 2.92. The first-order chi connectivity index (χ1) is 17.7. The van der Waals surface area contributed by atoms with Gasteiger partial charge >= 0.3 is 0 Å². The Morgan fingerprint density at radius 3 is 2.39 bits per heavy atom. The van der Waals surface area contributed by atoms with Crippen molar-refractivity contribution in [2.75, 3.05) is 55.9 Å². The maximum absolute atomic E-state index is 15.1. The van der Waals surface area contributed by atoms with E-state index in [1.165, 1.54) is 11.1 Å². The molecule has 36 heavy (non-hydrogen) atoms. The summed E-state index contributed by atoms with van der Waals surface area (Å²) in [5.74, 6) is 0.269. The minimum absolute atomic E-state index is 0.218. The molecule has 2 aromatic carbocycles. The van der Waals surface area contributed by atoms with Crippen molar-refractivity contribution < 1.29 is 14.0 Å². The number of rotatable bonds is 10. The summed E-state index contributed by atoms with van der Waals surface area (Å²) in [6, 6.07) is 14.4. The van der Waals surface area contributed by atoms with Crippen LogP contribution in [0, 0.1) is 11.7 Å². The van der Waals surface area contributed by atoms with Crippen molar-refractivity contribution in [3.05, 3.63) is 83.9 Å². The van der Waals surface area contributed by atoms with Crippen LogP contribution in [0.3, 0.4) is 0 Å². The van der Waals surface area contributed by atoms with Gasteiger partial charge in [-0.1, -0.05) is 43.3 Å². The minimum Gasteiger partial charge on any atom is -0.387 e. The second-order valence-corrected chi connectivity index (χ2v) is 9.65. The molecule has 0 unspecified atom stereocenters. The fourth-order valence-corrected chi connectivity index (χ4v) is 4.89. The van der Waals surface area contributed by atoms with E-state index in [0.29, 0.717) is 37.9 Å². The van der Waals surface area contributed by atoms with Gasteiger partial charge in [-0.3, -0.25) is 4.90 Å². The van der Waals surface area contributed by atoms with E-state index < -0.39 is 0 Å².